The number of carboxylic acids is 1. The standard InChI is InChI=1S/C36H25N3O6S/c40-30-23-7-3-4-8-24(23)31(41)26-16-20(10-12-25(26)30)18-39-33(42)27-28(34(39)43)36(35(44)45,38-29(27)32-37-13-14-46-32)17-19-9-11-21-5-1-2-6-22(21)15-19/h1-16,27-29,38H,17-18H2,(H,44,45). The number of nitrogens with one attached hydrogen (secondary N) is 1. The van der Waals surface area contributed by atoms with Crippen molar-refractivity contribution in [1.82, 2.24) is 15.2 Å². The van der Waals surface area contributed by atoms with Crippen LogP contribution < -0.4 is 5.32 Å². The SMILES string of the molecule is O=C1c2ccccc2C(=O)c2cc(CN3C(=O)C4C(c5nccs5)NC(Cc5ccc6ccccc6c5)(C(=O)O)C4C3=O)ccc21. The zero-order valence-corrected chi connectivity index (χ0v) is 25.0. The quantitative estimate of drug-likeness (QED) is 0.257. The number of carbonyl (C=O) groups is 5. The van der Waals surface area contributed by atoms with Gasteiger partial charge in [0.25, 0.3) is 0 Å². The molecular weight excluding hydrogens is 602 g/mol. The highest BCUT2D eigenvalue weighted by Gasteiger charge is 2.68. The van der Waals surface area contributed by atoms with Gasteiger partial charge in [-0.05, 0) is 34.0 Å². The summed E-state index contributed by atoms with van der Waals surface area (Å²) in [4.78, 5) is 73.6. The van der Waals surface area contributed by atoms with Crippen molar-refractivity contribution in [2.45, 2.75) is 24.5 Å². The number of hydrogen-bond acceptors (Lipinski definition) is 8. The number of hydrogen-bond donors (Lipinski definition) is 2. The Morgan fingerprint density at radius 2 is 1.48 bits per heavy atom. The molecule has 0 radical (unpaired) electrons. The number of thiazole rings is 1. The molecular formula is C36H25N3O6S. The maximum Gasteiger partial charge on any atom is 0.325 e. The summed E-state index contributed by atoms with van der Waals surface area (Å²) >= 11 is 1.29. The first kappa shape index (κ1) is 28.2. The van der Waals surface area contributed by atoms with Gasteiger partial charge in [-0.1, -0.05) is 72.8 Å². The van der Waals surface area contributed by atoms with Crippen LogP contribution in [0.4, 0.5) is 0 Å². The number of ketones is 2. The number of aromatic nitrogens is 1. The van der Waals surface area contributed by atoms with E-state index in [0.717, 1.165) is 15.7 Å². The summed E-state index contributed by atoms with van der Waals surface area (Å²) in [7, 11) is 0. The van der Waals surface area contributed by atoms with Gasteiger partial charge in [-0.25, -0.2) is 4.98 Å². The number of benzene rings is 4. The lowest BCUT2D eigenvalue weighted by atomic mass is 9.76. The third kappa shape index (κ3) is 4.10. The van der Waals surface area contributed by atoms with E-state index in [9.17, 15) is 29.1 Å². The number of rotatable bonds is 6. The number of fused-ring (bicyclic) bond motifs is 4. The van der Waals surface area contributed by atoms with Crippen molar-refractivity contribution in [2.75, 3.05) is 0 Å². The van der Waals surface area contributed by atoms with Crippen molar-refractivity contribution in [1.29, 1.82) is 0 Å². The second-order valence-electron chi connectivity index (χ2n) is 12.0. The fourth-order valence-electron chi connectivity index (χ4n) is 7.35. The molecule has 2 amide bonds. The molecule has 5 aromatic rings. The van der Waals surface area contributed by atoms with Gasteiger partial charge < -0.3 is 5.11 Å². The van der Waals surface area contributed by atoms with Gasteiger partial charge in [0.15, 0.2) is 11.6 Å². The van der Waals surface area contributed by atoms with Crippen LogP contribution >= 0.6 is 11.3 Å². The molecule has 1 aliphatic carbocycles. The van der Waals surface area contributed by atoms with Crippen LogP contribution in [-0.4, -0.2) is 49.9 Å². The van der Waals surface area contributed by atoms with Gasteiger partial charge in [-0.3, -0.25) is 34.2 Å². The molecule has 0 spiro atoms. The van der Waals surface area contributed by atoms with Crippen molar-refractivity contribution in [3.05, 3.63) is 135 Å². The van der Waals surface area contributed by atoms with Gasteiger partial charge in [0.05, 0.1) is 24.4 Å². The van der Waals surface area contributed by atoms with E-state index in [1.807, 2.05) is 42.5 Å². The first-order valence-corrected chi connectivity index (χ1v) is 15.7. The minimum absolute atomic E-state index is 0.0298. The molecule has 4 unspecified atom stereocenters. The number of carboxylic acid groups (broad SMARTS) is 1. The fraction of sp³-hybridized carbons (Fsp3) is 0.167. The third-order valence-corrected chi connectivity index (χ3v) is 10.3. The number of amides is 2. The Bertz CT molecular complexity index is 2140. The summed E-state index contributed by atoms with van der Waals surface area (Å²) in [5.41, 5.74) is 0.516. The van der Waals surface area contributed by atoms with Crippen LogP contribution in [0.5, 0.6) is 0 Å². The lowest BCUT2D eigenvalue weighted by molar-refractivity contribution is -0.151. The number of nitrogens with zero attached hydrogens (tertiary/aromatic N) is 2. The molecule has 0 saturated carbocycles. The Morgan fingerprint density at radius 1 is 0.804 bits per heavy atom. The lowest BCUT2D eigenvalue weighted by Crippen LogP contribution is -2.57. The number of aliphatic carboxylic acids is 1. The van der Waals surface area contributed by atoms with Gasteiger partial charge in [-0.15, -0.1) is 11.3 Å². The van der Waals surface area contributed by atoms with Crippen LogP contribution in [-0.2, 0) is 27.3 Å². The van der Waals surface area contributed by atoms with E-state index in [1.54, 1.807) is 54.0 Å². The predicted octanol–water partition coefficient (Wildman–Crippen LogP) is 4.58. The highest BCUT2D eigenvalue weighted by atomic mass is 32.1. The van der Waals surface area contributed by atoms with Crippen molar-refractivity contribution in [3.8, 4) is 0 Å². The van der Waals surface area contributed by atoms with E-state index in [-0.39, 0.29) is 35.7 Å². The Labute approximate surface area is 266 Å². The largest absolute Gasteiger partial charge is 0.480 e. The Hall–Kier alpha value is -5.32. The molecule has 9 nitrogen and oxygen atoms in total. The maximum absolute atomic E-state index is 14.3. The second kappa shape index (κ2) is 10.4. The van der Waals surface area contributed by atoms with Crippen LogP contribution in [0.1, 0.15) is 54.0 Å². The van der Waals surface area contributed by atoms with Gasteiger partial charge in [0.1, 0.15) is 10.5 Å². The topological polar surface area (TPSA) is 134 Å². The molecule has 2 saturated heterocycles. The van der Waals surface area contributed by atoms with Gasteiger partial charge in [-0.2, -0.15) is 0 Å². The molecule has 4 aromatic carbocycles. The monoisotopic (exact) mass is 627 g/mol. The fourth-order valence-corrected chi connectivity index (χ4v) is 8.09. The molecule has 3 heterocycles. The summed E-state index contributed by atoms with van der Waals surface area (Å²) in [5.74, 6) is -5.11. The average molecular weight is 628 g/mol. The van der Waals surface area contributed by atoms with Crippen LogP contribution in [0.15, 0.2) is 96.5 Å². The van der Waals surface area contributed by atoms with E-state index < -0.39 is 41.2 Å². The summed E-state index contributed by atoms with van der Waals surface area (Å²) in [5, 5.41) is 18.2. The number of likely N-dealkylation sites (tertiary alicyclic amines) is 1. The molecule has 2 fully saturated rings. The minimum atomic E-state index is -1.78. The Kier molecular flexibility index (Phi) is 6.35. The minimum Gasteiger partial charge on any atom is -0.480 e. The highest BCUT2D eigenvalue weighted by molar-refractivity contribution is 7.09. The maximum atomic E-state index is 14.3. The molecule has 8 rings (SSSR count). The van der Waals surface area contributed by atoms with E-state index in [0.29, 0.717) is 27.3 Å². The zero-order chi connectivity index (χ0) is 31.7. The first-order chi connectivity index (χ1) is 22.3. The molecule has 226 valence electrons. The summed E-state index contributed by atoms with van der Waals surface area (Å²) in [6.45, 7) is -0.169. The molecule has 46 heavy (non-hydrogen) atoms. The molecule has 1 aromatic heterocycles. The molecule has 2 aliphatic heterocycles. The summed E-state index contributed by atoms with van der Waals surface area (Å²) < 4.78 is 0. The van der Waals surface area contributed by atoms with Crippen LogP contribution in [0.2, 0.25) is 0 Å². The number of imide groups is 1. The molecule has 3 aliphatic rings. The van der Waals surface area contributed by atoms with Crippen LogP contribution in [0, 0.1) is 11.8 Å². The molecule has 4 atom stereocenters. The number of carbonyl (C=O) groups excluding carboxylic acids is 4. The molecule has 2 N–H and O–H groups in total. The van der Waals surface area contributed by atoms with Crippen molar-refractivity contribution in [3.63, 3.8) is 0 Å². The Balaban J connectivity index is 1.17. The first-order valence-electron chi connectivity index (χ1n) is 14.8. The molecule has 10 heteroatoms. The molecule has 0 bridgehead atoms. The summed E-state index contributed by atoms with van der Waals surface area (Å²) in [6.07, 6.45) is 1.56. The normalized spacial score (nSPS) is 23.5. The van der Waals surface area contributed by atoms with Gasteiger partial charge in [0.2, 0.25) is 11.8 Å². The van der Waals surface area contributed by atoms with E-state index in [1.165, 1.54) is 11.3 Å². The van der Waals surface area contributed by atoms with E-state index in [2.05, 4.69) is 10.3 Å². The Morgan fingerprint density at radius 3 is 2.20 bits per heavy atom. The average Bonchev–Trinajstić information content (AvgIpc) is 3.78. The highest BCUT2D eigenvalue weighted by Crippen LogP contribution is 2.50. The second-order valence-corrected chi connectivity index (χ2v) is 12.9. The van der Waals surface area contributed by atoms with E-state index >= 15 is 0 Å². The van der Waals surface area contributed by atoms with Gasteiger partial charge >= 0.3 is 5.97 Å². The van der Waals surface area contributed by atoms with Crippen molar-refractivity contribution in [2.24, 2.45) is 11.8 Å². The van der Waals surface area contributed by atoms with Gasteiger partial charge in [0, 0.05) is 40.3 Å². The van der Waals surface area contributed by atoms with Crippen molar-refractivity contribution < 1.29 is 29.1 Å². The third-order valence-electron chi connectivity index (χ3n) is 9.47. The predicted molar refractivity (Wildman–Crippen MR) is 168 cm³/mol. The lowest BCUT2D eigenvalue weighted by Gasteiger charge is -2.31. The zero-order valence-electron chi connectivity index (χ0n) is 24.2. The van der Waals surface area contributed by atoms with Crippen molar-refractivity contribution >= 4 is 51.5 Å². The smallest absolute Gasteiger partial charge is 0.325 e. The van der Waals surface area contributed by atoms with Crippen LogP contribution in [0.3, 0.4) is 0 Å². The van der Waals surface area contributed by atoms with E-state index in [4.69, 9.17) is 0 Å². The summed E-state index contributed by atoms with van der Waals surface area (Å²) in [6, 6.07) is 24.0. The van der Waals surface area contributed by atoms with Crippen LogP contribution in [0.25, 0.3) is 10.8 Å².